The number of aromatic nitrogens is 2. The minimum absolute atomic E-state index is 0.0274. The van der Waals surface area contributed by atoms with Crippen LogP contribution in [0.5, 0.6) is 0 Å². The second kappa shape index (κ2) is 15.8. The first-order valence-corrected chi connectivity index (χ1v) is 15.8. The van der Waals surface area contributed by atoms with Gasteiger partial charge in [-0.3, -0.25) is 23.9 Å². The average Bonchev–Trinajstić information content (AvgIpc) is 3.53. The van der Waals surface area contributed by atoms with Gasteiger partial charge in [0, 0.05) is 44.3 Å². The molecule has 12 heteroatoms. The Morgan fingerprint density at radius 3 is 2.39 bits per heavy atom. The van der Waals surface area contributed by atoms with E-state index in [4.69, 9.17) is 4.74 Å². The number of amides is 4. The molecule has 1 aliphatic heterocycles. The zero-order valence-electron chi connectivity index (χ0n) is 25.9. The maximum Gasteiger partial charge on any atom is 0.270 e. The molecule has 4 rings (SSSR count). The minimum Gasteiger partial charge on any atom is -0.381 e. The maximum absolute atomic E-state index is 15.5. The van der Waals surface area contributed by atoms with Crippen molar-refractivity contribution >= 4 is 29.3 Å². The molecule has 2 aromatic rings. The van der Waals surface area contributed by atoms with Crippen LogP contribution >= 0.6 is 0 Å². The first-order valence-electron chi connectivity index (χ1n) is 15.8. The second-order valence-corrected chi connectivity index (χ2v) is 11.7. The summed E-state index contributed by atoms with van der Waals surface area (Å²) in [7, 11) is 0. The van der Waals surface area contributed by atoms with Crippen LogP contribution < -0.4 is 21.3 Å². The molecule has 44 heavy (non-hydrogen) atoms. The van der Waals surface area contributed by atoms with Crippen LogP contribution in [0.2, 0.25) is 0 Å². The van der Waals surface area contributed by atoms with E-state index < -0.39 is 35.6 Å². The van der Waals surface area contributed by atoms with Gasteiger partial charge in [-0.1, -0.05) is 39.2 Å². The van der Waals surface area contributed by atoms with Crippen LogP contribution in [0, 0.1) is 11.7 Å². The normalized spacial score (nSPS) is 18.1. The summed E-state index contributed by atoms with van der Waals surface area (Å²) in [6, 6.07) is 4.18. The van der Waals surface area contributed by atoms with Crippen molar-refractivity contribution in [3.8, 4) is 0 Å². The number of hydrogen-bond donors (Lipinski definition) is 4. The van der Waals surface area contributed by atoms with Crippen molar-refractivity contribution < 1.29 is 28.3 Å². The van der Waals surface area contributed by atoms with Crippen LogP contribution in [0.15, 0.2) is 30.5 Å². The van der Waals surface area contributed by atoms with Crippen molar-refractivity contribution in [2.24, 2.45) is 5.92 Å². The summed E-state index contributed by atoms with van der Waals surface area (Å²) in [6.45, 7) is 6.95. The summed E-state index contributed by atoms with van der Waals surface area (Å²) in [6.07, 6.45) is 7.65. The highest BCUT2D eigenvalue weighted by atomic mass is 19.1. The summed E-state index contributed by atoms with van der Waals surface area (Å²) in [5.41, 5.74) is 0.825. The van der Waals surface area contributed by atoms with Gasteiger partial charge >= 0.3 is 0 Å². The van der Waals surface area contributed by atoms with Crippen LogP contribution in [-0.2, 0) is 25.7 Å². The van der Waals surface area contributed by atoms with Gasteiger partial charge in [-0.15, -0.1) is 0 Å². The van der Waals surface area contributed by atoms with Crippen LogP contribution in [0.1, 0.15) is 94.1 Å². The fourth-order valence-electron chi connectivity index (χ4n) is 6.00. The molecule has 4 amide bonds. The van der Waals surface area contributed by atoms with E-state index in [0.29, 0.717) is 43.9 Å². The molecule has 4 N–H and O–H groups in total. The van der Waals surface area contributed by atoms with Crippen molar-refractivity contribution in [1.29, 1.82) is 0 Å². The molecule has 1 saturated heterocycles. The summed E-state index contributed by atoms with van der Waals surface area (Å²) in [5, 5.41) is 15.5. The lowest BCUT2D eigenvalue weighted by atomic mass is 9.83. The summed E-state index contributed by atoms with van der Waals surface area (Å²) in [4.78, 5) is 52.3. The topological polar surface area (TPSA) is 143 Å². The zero-order valence-corrected chi connectivity index (χ0v) is 25.9. The fraction of sp³-hybridized carbons (Fsp3) is 0.594. The molecular weight excluding hydrogens is 567 g/mol. The van der Waals surface area contributed by atoms with E-state index in [1.165, 1.54) is 12.1 Å². The van der Waals surface area contributed by atoms with Crippen molar-refractivity contribution in [2.75, 3.05) is 18.5 Å². The lowest BCUT2D eigenvalue weighted by Gasteiger charge is -2.30. The molecule has 240 valence electrons. The van der Waals surface area contributed by atoms with Gasteiger partial charge in [-0.05, 0) is 62.3 Å². The van der Waals surface area contributed by atoms with E-state index in [-0.39, 0.29) is 35.9 Å². The third-order valence-corrected chi connectivity index (χ3v) is 8.70. The van der Waals surface area contributed by atoms with Gasteiger partial charge in [0.15, 0.2) is 0 Å². The van der Waals surface area contributed by atoms with Crippen LogP contribution in [-0.4, -0.2) is 64.7 Å². The molecule has 11 nitrogen and oxygen atoms in total. The van der Waals surface area contributed by atoms with Gasteiger partial charge in [-0.2, -0.15) is 5.10 Å². The first-order chi connectivity index (χ1) is 21.2. The van der Waals surface area contributed by atoms with Gasteiger partial charge < -0.3 is 26.0 Å². The Bertz CT molecular complexity index is 1300. The van der Waals surface area contributed by atoms with Crippen LogP contribution in [0.3, 0.4) is 0 Å². The smallest absolute Gasteiger partial charge is 0.270 e. The number of ether oxygens (including phenoxy) is 1. The molecule has 2 aliphatic rings. The third kappa shape index (κ3) is 8.43. The SMILES string of the molecule is CCC(=O)NC(C(=O)NC1CCOCC1)C(C)c1ccc(NC(=O)C(NC(=O)c2ccnn2CC)C2CCCCC2)c(F)c1. The molecule has 2 heterocycles. The number of carbonyl (C=O) groups is 4. The molecule has 0 radical (unpaired) electrons. The number of hydrogen-bond acceptors (Lipinski definition) is 6. The van der Waals surface area contributed by atoms with Gasteiger partial charge in [0.2, 0.25) is 17.7 Å². The van der Waals surface area contributed by atoms with E-state index in [0.717, 1.165) is 32.1 Å². The number of nitrogens with one attached hydrogen (secondary N) is 4. The molecule has 0 spiro atoms. The second-order valence-electron chi connectivity index (χ2n) is 11.7. The van der Waals surface area contributed by atoms with E-state index in [1.807, 2.05) is 6.92 Å². The van der Waals surface area contributed by atoms with Crippen molar-refractivity contribution in [2.45, 2.75) is 103 Å². The molecule has 1 aromatic carbocycles. The quantitative estimate of drug-likeness (QED) is 0.288. The Morgan fingerprint density at radius 1 is 1.00 bits per heavy atom. The Balaban J connectivity index is 1.49. The van der Waals surface area contributed by atoms with Crippen molar-refractivity contribution in [1.82, 2.24) is 25.7 Å². The minimum atomic E-state index is -0.910. The Morgan fingerprint density at radius 2 is 1.73 bits per heavy atom. The Labute approximate surface area is 258 Å². The maximum atomic E-state index is 15.5. The van der Waals surface area contributed by atoms with Crippen molar-refractivity contribution in [3.63, 3.8) is 0 Å². The van der Waals surface area contributed by atoms with E-state index in [2.05, 4.69) is 26.4 Å². The average molecular weight is 613 g/mol. The highest BCUT2D eigenvalue weighted by Gasteiger charge is 2.33. The monoisotopic (exact) mass is 612 g/mol. The number of benzene rings is 1. The predicted molar refractivity (Wildman–Crippen MR) is 163 cm³/mol. The molecule has 2 fully saturated rings. The molecule has 0 bridgehead atoms. The lowest BCUT2D eigenvalue weighted by molar-refractivity contribution is -0.130. The highest BCUT2D eigenvalue weighted by molar-refractivity contribution is 6.00. The lowest BCUT2D eigenvalue weighted by Crippen LogP contribution is -2.52. The standard InChI is InChI=1S/C32H45FN6O5/c1-4-27(40)37-28(31(42)35-23-14-17-44-18-15-23)20(3)22-11-12-25(24(33)19-22)36-32(43)29(21-9-7-6-8-10-21)38-30(41)26-13-16-34-39(26)5-2/h11-13,16,19-21,23,28-29H,4-10,14-15,17-18H2,1-3H3,(H,35,42)(H,36,43)(H,37,40)(H,38,41). The Kier molecular flexibility index (Phi) is 11.9. The van der Waals surface area contributed by atoms with Gasteiger partial charge in [0.05, 0.1) is 5.69 Å². The number of carbonyl (C=O) groups excluding carboxylic acids is 4. The van der Waals surface area contributed by atoms with E-state index >= 15 is 4.39 Å². The molecule has 1 saturated carbocycles. The number of anilines is 1. The molecule has 1 aliphatic carbocycles. The number of halogens is 1. The predicted octanol–water partition coefficient (Wildman–Crippen LogP) is 3.65. The summed E-state index contributed by atoms with van der Waals surface area (Å²) in [5.74, 6) is -2.82. The fourth-order valence-corrected chi connectivity index (χ4v) is 6.00. The largest absolute Gasteiger partial charge is 0.381 e. The highest BCUT2D eigenvalue weighted by Crippen LogP contribution is 2.29. The van der Waals surface area contributed by atoms with Crippen LogP contribution in [0.4, 0.5) is 10.1 Å². The summed E-state index contributed by atoms with van der Waals surface area (Å²) < 4.78 is 22.4. The number of aryl methyl sites for hydroxylation is 1. The summed E-state index contributed by atoms with van der Waals surface area (Å²) >= 11 is 0. The van der Waals surface area contributed by atoms with Gasteiger partial charge in [0.25, 0.3) is 5.91 Å². The van der Waals surface area contributed by atoms with Crippen molar-refractivity contribution in [3.05, 3.63) is 47.5 Å². The van der Waals surface area contributed by atoms with Crippen LogP contribution in [0.25, 0.3) is 0 Å². The number of rotatable bonds is 12. The molecular formula is C32H45FN6O5. The molecule has 3 unspecified atom stereocenters. The Hall–Kier alpha value is -3.80. The number of nitrogens with zero attached hydrogens (tertiary/aromatic N) is 2. The first kappa shape index (κ1) is 33.1. The zero-order chi connectivity index (χ0) is 31.6. The van der Waals surface area contributed by atoms with Gasteiger partial charge in [-0.25, -0.2) is 4.39 Å². The van der Waals surface area contributed by atoms with Gasteiger partial charge in [0.1, 0.15) is 23.6 Å². The third-order valence-electron chi connectivity index (χ3n) is 8.70. The molecule has 1 aromatic heterocycles. The van der Waals surface area contributed by atoms with E-state index in [9.17, 15) is 19.2 Å². The molecule has 3 atom stereocenters. The van der Waals surface area contributed by atoms with E-state index in [1.54, 1.807) is 36.9 Å².